The van der Waals surface area contributed by atoms with Crippen LogP contribution in [0.25, 0.3) is 0 Å². The second kappa shape index (κ2) is 8.51. The molecule has 1 aliphatic rings. The van der Waals surface area contributed by atoms with Crippen LogP contribution < -0.4 is 10.6 Å². The summed E-state index contributed by atoms with van der Waals surface area (Å²) >= 11 is 0. The summed E-state index contributed by atoms with van der Waals surface area (Å²) in [5, 5.41) is 6.38. The fraction of sp³-hybridized carbons (Fsp3) is 0.533. The van der Waals surface area contributed by atoms with Gasteiger partial charge in [-0.3, -0.25) is 4.99 Å². The Morgan fingerprint density at radius 1 is 1.29 bits per heavy atom. The van der Waals surface area contributed by atoms with Gasteiger partial charge in [0, 0.05) is 30.6 Å². The topological polar surface area (TPSA) is 36.4 Å². The van der Waals surface area contributed by atoms with E-state index in [0.29, 0.717) is 0 Å². The Hall–Kier alpha value is -0.920. The highest BCUT2D eigenvalue weighted by molar-refractivity contribution is 14.0. The number of nitrogens with one attached hydrogen (secondary N) is 2. The molecule has 1 aromatic rings. The first kappa shape index (κ1) is 18.1. The number of rotatable bonds is 5. The first-order chi connectivity index (χ1) is 9.67. The minimum Gasteiger partial charge on any atom is -0.357 e. The van der Waals surface area contributed by atoms with Crippen molar-refractivity contribution in [3.8, 4) is 0 Å². The van der Waals surface area contributed by atoms with Crippen LogP contribution in [-0.4, -0.2) is 25.1 Å². The number of benzene rings is 1. The Morgan fingerprint density at radius 2 is 1.95 bits per heavy atom. The zero-order chi connectivity index (χ0) is 14.5. The highest BCUT2D eigenvalue weighted by Crippen LogP contribution is 2.42. The molecule has 1 aliphatic carbocycles. The molecule has 2 unspecified atom stereocenters. The molecule has 1 aromatic carbocycles. The van der Waals surface area contributed by atoms with Crippen LogP contribution in [-0.2, 0) is 0 Å². The number of nitrogens with zero attached hydrogens (tertiary/aromatic N) is 1. The molecule has 0 bridgehead atoms. The Kier molecular flexibility index (Phi) is 7.34. The summed E-state index contributed by atoms with van der Waals surface area (Å²) < 4.78 is 27.4. The van der Waals surface area contributed by atoms with Gasteiger partial charge in [-0.15, -0.1) is 24.0 Å². The van der Waals surface area contributed by atoms with Gasteiger partial charge in [-0.25, -0.2) is 8.78 Å². The van der Waals surface area contributed by atoms with Crippen LogP contribution in [0.3, 0.4) is 0 Å². The summed E-state index contributed by atoms with van der Waals surface area (Å²) in [7, 11) is 0. The monoisotopic (exact) mass is 409 g/mol. The zero-order valence-corrected chi connectivity index (χ0v) is 14.7. The van der Waals surface area contributed by atoms with Gasteiger partial charge in [-0.05, 0) is 31.9 Å². The summed E-state index contributed by atoms with van der Waals surface area (Å²) in [5.41, 5.74) is 0.191. The van der Waals surface area contributed by atoms with E-state index in [0.717, 1.165) is 31.9 Å². The van der Waals surface area contributed by atoms with Gasteiger partial charge >= 0.3 is 0 Å². The largest absolute Gasteiger partial charge is 0.357 e. The summed E-state index contributed by atoms with van der Waals surface area (Å²) in [6, 6.07) is 4.07. The average Bonchev–Trinajstić information content (AvgIpc) is 3.15. The lowest BCUT2D eigenvalue weighted by atomic mass is 10.1. The standard InChI is InChI=1S/C15H21F2N3.HI/c1-3-8-19-15(18-4-2)20-13-9-10(13)14-11(16)6-5-7-12(14)17;/h5-7,10,13H,3-4,8-9H2,1-2H3,(H2,18,19,20);1H. The summed E-state index contributed by atoms with van der Waals surface area (Å²) in [5.74, 6) is -0.315. The number of hydrogen-bond donors (Lipinski definition) is 2. The van der Waals surface area contributed by atoms with Crippen LogP contribution in [0.5, 0.6) is 0 Å². The van der Waals surface area contributed by atoms with Crippen LogP contribution in [0.2, 0.25) is 0 Å². The van der Waals surface area contributed by atoms with Crippen molar-refractivity contribution >= 4 is 29.9 Å². The van der Waals surface area contributed by atoms with Crippen molar-refractivity contribution in [2.24, 2.45) is 4.99 Å². The molecular formula is C15H22F2IN3. The molecular weight excluding hydrogens is 387 g/mol. The molecule has 21 heavy (non-hydrogen) atoms. The molecule has 0 aliphatic heterocycles. The third kappa shape index (κ3) is 4.79. The van der Waals surface area contributed by atoms with Gasteiger partial charge in [0.25, 0.3) is 0 Å². The minimum atomic E-state index is -0.463. The number of guanidine groups is 1. The molecule has 0 heterocycles. The first-order valence-electron chi connectivity index (χ1n) is 7.16. The van der Waals surface area contributed by atoms with Gasteiger partial charge in [0.05, 0.1) is 0 Å². The van der Waals surface area contributed by atoms with Gasteiger partial charge in [0.15, 0.2) is 5.96 Å². The second-order valence-electron chi connectivity index (χ2n) is 4.99. The summed E-state index contributed by atoms with van der Waals surface area (Å²) in [6.07, 6.45) is 1.70. The fourth-order valence-corrected chi connectivity index (χ4v) is 2.26. The van der Waals surface area contributed by atoms with Crippen molar-refractivity contribution in [2.75, 3.05) is 13.1 Å². The van der Waals surface area contributed by atoms with Gasteiger partial charge in [0.1, 0.15) is 11.6 Å². The van der Waals surface area contributed by atoms with E-state index in [9.17, 15) is 8.78 Å². The van der Waals surface area contributed by atoms with Crippen LogP contribution in [0.4, 0.5) is 8.78 Å². The smallest absolute Gasteiger partial charge is 0.191 e. The lowest BCUT2D eigenvalue weighted by molar-refractivity contribution is 0.553. The van der Waals surface area contributed by atoms with Crippen LogP contribution in [0, 0.1) is 11.6 Å². The molecule has 0 aromatic heterocycles. The van der Waals surface area contributed by atoms with E-state index in [-0.39, 0.29) is 41.5 Å². The molecule has 2 rings (SSSR count). The van der Waals surface area contributed by atoms with Crippen LogP contribution in [0.15, 0.2) is 23.2 Å². The van der Waals surface area contributed by atoms with Crippen molar-refractivity contribution in [2.45, 2.75) is 38.6 Å². The molecule has 1 saturated carbocycles. The van der Waals surface area contributed by atoms with Gasteiger partial charge in [-0.2, -0.15) is 0 Å². The SMILES string of the molecule is CCCN=C(NCC)NC1CC1c1c(F)cccc1F.I. The Labute approximate surface area is 141 Å². The van der Waals surface area contributed by atoms with Gasteiger partial charge < -0.3 is 10.6 Å². The van der Waals surface area contributed by atoms with Crippen molar-refractivity contribution in [3.05, 3.63) is 35.4 Å². The molecule has 118 valence electrons. The number of hydrogen-bond acceptors (Lipinski definition) is 1. The van der Waals surface area contributed by atoms with E-state index in [2.05, 4.69) is 22.5 Å². The predicted octanol–water partition coefficient (Wildman–Crippen LogP) is 3.40. The zero-order valence-electron chi connectivity index (χ0n) is 12.3. The maximum Gasteiger partial charge on any atom is 0.191 e. The molecule has 2 atom stereocenters. The molecule has 6 heteroatoms. The van der Waals surface area contributed by atoms with E-state index in [1.807, 2.05) is 6.92 Å². The number of aliphatic imine (C=N–C) groups is 1. The van der Waals surface area contributed by atoms with Gasteiger partial charge in [-0.1, -0.05) is 13.0 Å². The van der Waals surface area contributed by atoms with Crippen LogP contribution >= 0.6 is 24.0 Å². The van der Waals surface area contributed by atoms with E-state index in [1.165, 1.54) is 18.2 Å². The van der Waals surface area contributed by atoms with Gasteiger partial charge in [0.2, 0.25) is 0 Å². The normalized spacial score (nSPS) is 20.7. The lowest BCUT2D eigenvalue weighted by Crippen LogP contribution is -2.39. The highest BCUT2D eigenvalue weighted by Gasteiger charge is 2.42. The number of halogens is 3. The lowest BCUT2D eigenvalue weighted by Gasteiger charge is -2.11. The molecule has 2 N–H and O–H groups in total. The highest BCUT2D eigenvalue weighted by atomic mass is 127. The maximum atomic E-state index is 13.7. The maximum absolute atomic E-state index is 13.7. The quantitative estimate of drug-likeness (QED) is 0.445. The van der Waals surface area contributed by atoms with Crippen molar-refractivity contribution in [1.29, 1.82) is 0 Å². The molecule has 0 saturated heterocycles. The third-order valence-corrected chi connectivity index (χ3v) is 3.32. The van der Waals surface area contributed by atoms with E-state index >= 15 is 0 Å². The summed E-state index contributed by atoms with van der Waals surface area (Å²) in [6.45, 7) is 5.55. The Bertz CT molecular complexity index is 474. The summed E-state index contributed by atoms with van der Waals surface area (Å²) in [4.78, 5) is 4.39. The second-order valence-corrected chi connectivity index (χ2v) is 4.99. The van der Waals surface area contributed by atoms with Crippen molar-refractivity contribution in [3.63, 3.8) is 0 Å². The molecule has 0 radical (unpaired) electrons. The Morgan fingerprint density at radius 3 is 2.52 bits per heavy atom. The molecule has 3 nitrogen and oxygen atoms in total. The Balaban J connectivity index is 0.00000220. The first-order valence-corrected chi connectivity index (χ1v) is 7.16. The predicted molar refractivity (Wildman–Crippen MR) is 92.3 cm³/mol. The third-order valence-electron chi connectivity index (χ3n) is 3.32. The molecule has 1 fully saturated rings. The van der Waals surface area contributed by atoms with E-state index < -0.39 is 11.6 Å². The van der Waals surface area contributed by atoms with Crippen molar-refractivity contribution in [1.82, 2.24) is 10.6 Å². The molecule has 0 spiro atoms. The molecule has 0 amide bonds. The van der Waals surface area contributed by atoms with E-state index in [1.54, 1.807) is 0 Å². The van der Waals surface area contributed by atoms with Crippen molar-refractivity contribution < 1.29 is 8.78 Å². The fourth-order valence-electron chi connectivity index (χ4n) is 2.26. The van der Waals surface area contributed by atoms with E-state index in [4.69, 9.17) is 0 Å². The average molecular weight is 409 g/mol. The van der Waals surface area contributed by atoms with Crippen LogP contribution in [0.1, 0.15) is 38.2 Å². The minimum absolute atomic E-state index is 0.